The van der Waals surface area contributed by atoms with Crippen molar-refractivity contribution in [2.24, 2.45) is 0 Å². The molecule has 1 saturated heterocycles. The van der Waals surface area contributed by atoms with Crippen LogP contribution in [0.4, 0.5) is 22.4 Å². The van der Waals surface area contributed by atoms with Gasteiger partial charge in [0.1, 0.15) is 11.3 Å². The first-order valence-electron chi connectivity index (χ1n) is 8.38. The highest BCUT2D eigenvalue weighted by Gasteiger charge is 2.29. The lowest BCUT2D eigenvalue weighted by Gasteiger charge is -2.39. The van der Waals surface area contributed by atoms with Gasteiger partial charge in [-0.2, -0.15) is 4.98 Å². The van der Waals surface area contributed by atoms with Crippen LogP contribution in [0.2, 0.25) is 0 Å². The lowest BCUT2D eigenvalue weighted by molar-refractivity contribution is -0.103. The Morgan fingerprint density at radius 3 is 3.00 bits per heavy atom. The molecular formula is C16H18N8O2S. The molecule has 0 aromatic carbocycles. The molecule has 1 atom stereocenters. The maximum Gasteiger partial charge on any atom is 0.431 e. The molecule has 140 valence electrons. The van der Waals surface area contributed by atoms with E-state index in [1.54, 1.807) is 35.0 Å². The molecule has 4 rings (SSSR count). The molecule has 10 nitrogen and oxygen atoms in total. The molecule has 27 heavy (non-hydrogen) atoms. The average Bonchev–Trinajstić information content (AvgIpc) is 3.10. The average molecular weight is 386 g/mol. The molecule has 1 fully saturated rings. The summed E-state index contributed by atoms with van der Waals surface area (Å²) in [5, 5.41) is 4.23. The minimum Gasteiger partial charge on any atom is -0.368 e. The lowest BCUT2D eigenvalue weighted by atomic mass is 10.2. The number of aromatic nitrogens is 4. The molecule has 4 heterocycles. The molecular weight excluding hydrogens is 368 g/mol. The van der Waals surface area contributed by atoms with Gasteiger partial charge in [0.05, 0.1) is 18.6 Å². The summed E-state index contributed by atoms with van der Waals surface area (Å²) in [5.74, 6) is 1.38. The molecule has 0 unspecified atom stereocenters. The first-order chi connectivity index (χ1) is 13.1. The number of hydroxylamine groups is 2. The second-order valence-corrected chi connectivity index (χ2v) is 6.89. The largest absolute Gasteiger partial charge is 0.431 e. The fourth-order valence-corrected chi connectivity index (χ4v) is 3.63. The van der Waals surface area contributed by atoms with E-state index < -0.39 is 6.09 Å². The Hall–Kier alpha value is -3.05. The smallest absolute Gasteiger partial charge is 0.368 e. The molecule has 3 aromatic heterocycles. The first-order valence-corrected chi connectivity index (χ1v) is 9.26. The Morgan fingerprint density at radius 2 is 2.22 bits per heavy atom. The van der Waals surface area contributed by atoms with Gasteiger partial charge >= 0.3 is 6.09 Å². The van der Waals surface area contributed by atoms with E-state index in [2.05, 4.69) is 30.2 Å². The van der Waals surface area contributed by atoms with Gasteiger partial charge < -0.3 is 15.5 Å². The molecule has 0 bridgehead atoms. The van der Waals surface area contributed by atoms with E-state index in [1.165, 1.54) is 11.3 Å². The fraction of sp³-hybridized carbons (Fsp3) is 0.312. The topological polar surface area (TPSA) is 122 Å². The number of rotatable bonds is 3. The quantitative estimate of drug-likeness (QED) is 0.693. The first kappa shape index (κ1) is 17.4. The van der Waals surface area contributed by atoms with Crippen molar-refractivity contribution in [1.29, 1.82) is 0 Å². The summed E-state index contributed by atoms with van der Waals surface area (Å²) in [4.78, 5) is 37.3. The van der Waals surface area contributed by atoms with Crippen LogP contribution in [0.25, 0.3) is 10.3 Å². The second kappa shape index (κ2) is 7.29. The van der Waals surface area contributed by atoms with Gasteiger partial charge in [0.25, 0.3) is 0 Å². The maximum atomic E-state index is 12.0. The predicted molar refractivity (Wildman–Crippen MR) is 102 cm³/mol. The van der Waals surface area contributed by atoms with Gasteiger partial charge in [0, 0.05) is 18.8 Å². The van der Waals surface area contributed by atoms with Crippen molar-refractivity contribution >= 4 is 45.4 Å². The Kier molecular flexibility index (Phi) is 4.69. The Bertz CT molecular complexity index is 950. The van der Waals surface area contributed by atoms with Gasteiger partial charge in [0.15, 0.2) is 10.6 Å². The van der Waals surface area contributed by atoms with E-state index in [4.69, 9.17) is 10.6 Å². The van der Waals surface area contributed by atoms with Crippen LogP contribution in [0, 0.1) is 0 Å². The molecule has 0 spiro atoms. The van der Waals surface area contributed by atoms with Crippen molar-refractivity contribution in [3.05, 3.63) is 29.9 Å². The number of nitrogens with zero attached hydrogens (tertiary/aromatic N) is 6. The van der Waals surface area contributed by atoms with E-state index >= 15 is 0 Å². The maximum absolute atomic E-state index is 12.0. The highest BCUT2D eigenvalue weighted by atomic mass is 32.1. The summed E-state index contributed by atoms with van der Waals surface area (Å²) >= 11 is 1.43. The third kappa shape index (κ3) is 3.73. The van der Waals surface area contributed by atoms with Crippen molar-refractivity contribution in [3.8, 4) is 0 Å². The van der Waals surface area contributed by atoms with Gasteiger partial charge in [-0.1, -0.05) is 6.07 Å². The molecule has 1 amide bonds. The molecule has 0 saturated carbocycles. The van der Waals surface area contributed by atoms with Crippen LogP contribution in [0.1, 0.15) is 6.92 Å². The van der Waals surface area contributed by atoms with Crippen LogP contribution in [0.3, 0.4) is 0 Å². The monoisotopic (exact) mass is 386 g/mol. The van der Waals surface area contributed by atoms with Gasteiger partial charge in [-0.25, -0.2) is 19.7 Å². The van der Waals surface area contributed by atoms with E-state index in [1.807, 2.05) is 6.92 Å². The number of anilines is 3. The van der Waals surface area contributed by atoms with Gasteiger partial charge in [-0.15, -0.1) is 16.4 Å². The summed E-state index contributed by atoms with van der Waals surface area (Å²) in [6.07, 6.45) is 1.03. The van der Waals surface area contributed by atoms with Gasteiger partial charge in [0.2, 0.25) is 5.95 Å². The Morgan fingerprint density at radius 1 is 1.33 bits per heavy atom. The molecule has 11 heteroatoms. The number of thiazole rings is 1. The molecule has 1 aliphatic heterocycles. The highest BCUT2D eigenvalue weighted by Crippen LogP contribution is 2.28. The third-order valence-electron chi connectivity index (χ3n) is 4.17. The van der Waals surface area contributed by atoms with Gasteiger partial charge in [-0.3, -0.25) is 5.32 Å². The second-order valence-electron chi connectivity index (χ2n) is 6.06. The summed E-state index contributed by atoms with van der Waals surface area (Å²) in [6, 6.07) is 5.30. The zero-order valence-electron chi connectivity index (χ0n) is 14.6. The van der Waals surface area contributed by atoms with Crippen LogP contribution in [-0.2, 0) is 4.84 Å². The number of hydrogen-bond acceptors (Lipinski definition) is 10. The van der Waals surface area contributed by atoms with Crippen LogP contribution < -0.4 is 16.0 Å². The van der Waals surface area contributed by atoms with Crippen LogP contribution >= 0.6 is 11.3 Å². The Balaban J connectivity index is 1.42. The van der Waals surface area contributed by atoms with Crippen LogP contribution in [-0.4, -0.2) is 56.8 Å². The van der Waals surface area contributed by atoms with Gasteiger partial charge in [-0.05, 0) is 19.1 Å². The molecule has 0 aliphatic carbocycles. The molecule has 3 N–H and O–H groups in total. The number of nitrogens with two attached hydrogens (primary N) is 1. The van der Waals surface area contributed by atoms with E-state index in [0.29, 0.717) is 31.3 Å². The number of piperazine rings is 1. The number of hydrogen-bond donors (Lipinski definition) is 2. The highest BCUT2D eigenvalue weighted by molar-refractivity contribution is 7.16. The minimum absolute atomic E-state index is 0.0422. The number of carbonyl (C=O) groups excluding carboxylic acids is 1. The lowest BCUT2D eigenvalue weighted by Crippen LogP contribution is -2.53. The Labute approximate surface area is 159 Å². The molecule has 0 radical (unpaired) electrons. The third-order valence-corrected chi connectivity index (χ3v) is 4.89. The van der Waals surface area contributed by atoms with Crippen molar-refractivity contribution in [2.45, 2.75) is 13.0 Å². The number of nitrogens with one attached hydrogen (secondary N) is 1. The van der Waals surface area contributed by atoms with Crippen LogP contribution in [0.5, 0.6) is 0 Å². The minimum atomic E-state index is -0.567. The number of fused-ring (bicyclic) bond motifs is 1. The predicted octanol–water partition coefficient (Wildman–Crippen LogP) is 1.74. The van der Waals surface area contributed by atoms with Crippen molar-refractivity contribution < 1.29 is 9.63 Å². The summed E-state index contributed by atoms with van der Waals surface area (Å²) in [6.45, 7) is 3.69. The number of nitrogen functional groups attached to an aromatic ring is 1. The number of carbonyl (C=O) groups is 1. The fourth-order valence-electron chi connectivity index (χ4n) is 2.97. The SMILES string of the molecule is C[C@H]1CN(OC(=O)Nc2ccccn2)CCN1c1nc(N)nc2scnc12. The van der Waals surface area contributed by atoms with E-state index in [0.717, 1.165) is 10.3 Å². The number of amides is 1. The zero-order chi connectivity index (χ0) is 18.8. The zero-order valence-corrected chi connectivity index (χ0v) is 15.4. The van der Waals surface area contributed by atoms with Crippen LogP contribution in [0.15, 0.2) is 29.9 Å². The molecule has 1 aliphatic rings. The normalized spacial score (nSPS) is 17.8. The van der Waals surface area contributed by atoms with Crippen molar-refractivity contribution in [3.63, 3.8) is 0 Å². The summed E-state index contributed by atoms with van der Waals surface area (Å²) in [5.41, 5.74) is 8.31. The standard InChI is InChI=1S/C16H18N8O2S/c1-10-8-23(26-16(25)20-11-4-2-3-5-18-11)6-7-24(10)13-12-14(27-9-19-12)22-15(17)21-13/h2-5,9-10H,6-8H2,1H3,(H2,17,21,22)(H,18,20,25)/t10-/m0/s1. The van der Waals surface area contributed by atoms with E-state index in [-0.39, 0.29) is 12.0 Å². The molecule has 3 aromatic rings. The van der Waals surface area contributed by atoms with Crippen molar-refractivity contribution in [1.82, 2.24) is 25.0 Å². The summed E-state index contributed by atoms with van der Waals surface area (Å²) in [7, 11) is 0. The van der Waals surface area contributed by atoms with E-state index in [9.17, 15) is 4.79 Å². The summed E-state index contributed by atoms with van der Waals surface area (Å²) < 4.78 is 0. The van der Waals surface area contributed by atoms with Crippen molar-refractivity contribution in [2.75, 3.05) is 35.6 Å². The number of pyridine rings is 1.